The van der Waals surface area contributed by atoms with Crippen molar-refractivity contribution in [2.75, 3.05) is 0 Å². The van der Waals surface area contributed by atoms with E-state index in [1.807, 2.05) is 30.3 Å². The van der Waals surface area contributed by atoms with Gasteiger partial charge in [-0.25, -0.2) is 9.97 Å². The number of nitrogens with one attached hydrogen (secondary N) is 2. The summed E-state index contributed by atoms with van der Waals surface area (Å²) in [4.78, 5) is 16.5. The molecule has 144 valence electrons. The van der Waals surface area contributed by atoms with Crippen LogP contribution in [0.15, 0.2) is 71.9 Å². The topological polar surface area (TPSA) is 117 Å². The van der Waals surface area contributed by atoms with Gasteiger partial charge in [0.15, 0.2) is 11.5 Å². The van der Waals surface area contributed by atoms with Crippen LogP contribution in [-0.2, 0) is 0 Å². The fraction of sp³-hybridized carbons (Fsp3) is 0. The predicted octanol–water partition coefficient (Wildman–Crippen LogP) is 4.53. The van der Waals surface area contributed by atoms with Gasteiger partial charge in [-0.2, -0.15) is 5.10 Å². The molecule has 8 heteroatoms. The second kappa shape index (κ2) is 6.28. The lowest BCUT2D eigenvalue weighted by atomic mass is 10.0. The van der Waals surface area contributed by atoms with Crippen molar-refractivity contribution >= 4 is 22.1 Å². The highest BCUT2D eigenvalue weighted by atomic mass is 16.3. The number of nitrogens with zero attached hydrogens (tertiary/aromatic N) is 4. The van der Waals surface area contributed by atoms with Crippen LogP contribution < -0.4 is 0 Å². The van der Waals surface area contributed by atoms with Gasteiger partial charge in [0.05, 0.1) is 29.8 Å². The van der Waals surface area contributed by atoms with E-state index >= 15 is 0 Å². The first-order valence-electron chi connectivity index (χ1n) is 9.26. The lowest BCUT2D eigenvalue weighted by Gasteiger charge is -2.02. The third-order valence-corrected chi connectivity index (χ3v) is 5.07. The SMILES string of the molecule is Oc1cncc(-c2ccc3[nH]nc(-c4nc5nccc(-c6ccoc6)c5[nH]4)c3c2)c1. The quantitative estimate of drug-likeness (QED) is 0.406. The number of H-pyrrole nitrogens is 2. The van der Waals surface area contributed by atoms with Crippen molar-refractivity contribution in [3.8, 4) is 39.5 Å². The molecule has 0 bridgehead atoms. The van der Waals surface area contributed by atoms with E-state index in [2.05, 4.69) is 30.1 Å². The molecule has 0 aliphatic rings. The van der Waals surface area contributed by atoms with Gasteiger partial charge >= 0.3 is 0 Å². The molecule has 0 spiro atoms. The second-order valence-corrected chi connectivity index (χ2v) is 6.92. The first-order valence-corrected chi connectivity index (χ1v) is 9.26. The number of rotatable bonds is 3. The number of benzene rings is 1. The number of pyridine rings is 2. The summed E-state index contributed by atoms with van der Waals surface area (Å²) in [5.41, 5.74) is 6.63. The van der Waals surface area contributed by atoms with Crippen molar-refractivity contribution in [3.05, 3.63) is 67.5 Å². The summed E-state index contributed by atoms with van der Waals surface area (Å²) in [6, 6.07) is 11.4. The number of hydrogen-bond acceptors (Lipinski definition) is 6. The van der Waals surface area contributed by atoms with Gasteiger partial charge < -0.3 is 14.5 Å². The van der Waals surface area contributed by atoms with Crippen LogP contribution in [0.1, 0.15) is 0 Å². The number of furan rings is 1. The Balaban J connectivity index is 1.52. The Kier molecular flexibility index (Phi) is 3.45. The van der Waals surface area contributed by atoms with Gasteiger partial charge in [0.2, 0.25) is 0 Å². The van der Waals surface area contributed by atoms with E-state index in [9.17, 15) is 5.11 Å². The summed E-state index contributed by atoms with van der Waals surface area (Å²) in [7, 11) is 0. The van der Waals surface area contributed by atoms with Crippen LogP contribution in [0.25, 0.3) is 55.8 Å². The molecule has 0 aliphatic heterocycles. The first-order chi connectivity index (χ1) is 14.8. The summed E-state index contributed by atoms with van der Waals surface area (Å²) in [6.45, 7) is 0. The molecular weight excluding hydrogens is 380 g/mol. The monoisotopic (exact) mass is 394 g/mol. The van der Waals surface area contributed by atoms with Crippen molar-refractivity contribution in [2.45, 2.75) is 0 Å². The molecule has 5 aromatic heterocycles. The molecule has 0 fully saturated rings. The zero-order valence-electron chi connectivity index (χ0n) is 15.5. The van der Waals surface area contributed by atoms with Crippen molar-refractivity contribution in [2.24, 2.45) is 0 Å². The van der Waals surface area contributed by atoms with Crippen LogP contribution in [0.5, 0.6) is 5.75 Å². The van der Waals surface area contributed by atoms with Gasteiger partial charge in [-0.05, 0) is 35.9 Å². The molecule has 0 unspecified atom stereocenters. The highest BCUT2D eigenvalue weighted by molar-refractivity contribution is 5.97. The van der Waals surface area contributed by atoms with Crippen LogP contribution in [0, 0.1) is 0 Å². The van der Waals surface area contributed by atoms with Crippen LogP contribution >= 0.6 is 0 Å². The van der Waals surface area contributed by atoms with Crippen LogP contribution in [0.2, 0.25) is 0 Å². The molecule has 3 N–H and O–H groups in total. The molecular formula is C22H14N6O2. The van der Waals surface area contributed by atoms with Crippen molar-refractivity contribution in [1.29, 1.82) is 0 Å². The number of fused-ring (bicyclic) bond motifs is 2. The van der Waals surface area contributed by atoms with Crippen LogP contribution in [0.3, 0.4) is 0 Å². The van der Waals surface area contributed by atoms with Gasteiger partial charge in [-0.3, -0.25) is 10.1 Å². The van der Waals surface area contributed by atoms with Gasteiger partial charge in [-0.1, -0.05) is 6.07 Å². The van der Waals surface area contributed by atoms with Gasteiger partial charge in [0.25, 0.3) is 0 Å². The van der Waals surface area contributed by atoms with E-state index in [0.29, 0.717) is 17.2 Å². The van der Waals surface area contributed by atoms with Crippen LogP contribution in [-0.4, -0.2) is 35.2 Å². The highest BCUT2D eigenvalue weighted by Crippen LogP contribution is 2.32. The van der Waals surface area contributed by atoms with E-state index in [0.717, 1.165) is 38.7 Å². The molecule has 0 amide bonds. The maximum absolute atomic E-state index is 9.76. The summed E-state index contributed by atoms with van der Waals surface area (Å²) >= 11 is 0. The Morgan fingerprint density at radius 1 is 0.967 bits per heavy atom. The summed E-state index contributed by atoms with van der Waals surface area (Å²) in [5.74, 6) is 0.737. The second-order valence-electron chi connectivity index (χ2n) is 6.92. The molecule has 0 saturated carbocycles. The number of imidazole rings is 1. The smallest absolute Gasteiger partial charge is 0.178 e. The largest absolute Gasteiger partial charge is 0.506 e. The molecule has 30 heavy (non-hydrogen) atoms. The minimum absolute atomic E-state index is 0.121. The van der Waals surface area contributed by atoms with Crippen molar-refractivity contribution in [3.63, 3.8) is 0 Å². The molecule has 6 aromatic rings. The maximum atomic E-state index is 9.76. The predicted molar refractivity (Wildman–Crippen MR) is 112 cm³/mol. The number of hydrogen-bond donors (Lipinski definition) is 3. The number of aromatic amines is 2. The van der Waals surface area contributed by atoms with E-state index in [1.165, 1.54) is 6.20 Å². The first kappa shape index (κ1) is 16.5. The Hall–Kier alpha value is -4.46. The van der Waals surface area contributed by atoms with Gasteiger partial charge in [0, 0.05) is 34.5 Å². The molecule has 8 nitrogen and oxygen atoms in total. The average Bonchev–Trinajstić information content (AvgIpc) is 3.51. The lowest BCUT2D eigenvalue weighted by molar-refractivity contribution is 0.473. The molecule has 6 rings (SSSR count). The fourth-order valence-electron chi connectivity index (χ4n) is 3.64. The third kappa shape index (κ3) is 2.55. The fourth-order valence-corrected chi connectivity index (χ4v) is 3.64. The van der Waals surface area contributed by atoms with Gasteiger partial charge in [-0.15, -0.1) is 0 Å². The summed E-state index contributed by atoms with van der Waals surface area (Å²) < 4.78 is 5.22. The normalized spacial score (nSPS) is 11.5. The lowest BCUT2D eigenvalue weighted by Crippen LogP contribution is -1.83. The summed E-state index contributed by atoms with van der Waals surface area (Å²) in [5, 5.41) is 18.2. The standard InChI is InChI=1S/C22H14N6O2/c29-15-7-14(9-23-10-15)12-1-2-18-17(8-12)20(28-27-18)22-25-19-16(13-4-6-30-11-13)3-5-24-21(19)26-22/h1-11,29H,(H,27,28)(H,24,25,26). The minimum Gasteiger partial charge on any atom is -0.506 e. The molecule has 0 atom stereocenters. The molecule has 5 heterocycles. The van der Waals surface area contributed by atoms with E-state index in [4.69, 9.17) is 4.42 Å². The maximum Gasteiger partial charge on any atom is 0.178 e. The minimum atomic E-state index is 0.121. The Morgan fingerprint density at radius 2 is 1.93 bits per heavy atom. The molecule has 0 aliphatic carbocycles. The summed E-state index contributed by atoms with van der Waals surface area (Å²) in [6.07, 6.45) is 8.17. The Morgan fingerprint density at radius 3 is 2.80 bits per heavy atom. The molecule has 0 radical (unpaired) electrons. The van der Waals surface area contributed by atoms with Gasteiger partial charge in [0.1, 0.15) is 11.4 Å². The molecule has 1 aromatic carbocycles. The van der Waals surface area contributed by atoms with Crippen molar-refractivity contribution < 1.29 is 9.52 Å². The molecule has 0 saturated heterocycles. The van der Waals surface area contributed by atoms with E-state index in [1.54, 1.807) is 31.0 Å². The average molecular weight is 394 g/mol. The zero-order valence-corrected chi connectivity index (χ0v) is 15.5. The van der Waals surface area contributed by atoms with E-state index in [-0.39, 0.29) is 5.75 Å². The van der Waals surface area contributed by atoms with Crippen LogP contribution in [0.4, 0.5) is 0 Å². The number of aromatic nitrogens is 6. The van der Waals surface area contributed by atoms with Crippen molar-refractivity contribution in [1.82, 2.24) is 30.1 Å². The third-order valence-electron chi connectivity index (χ3n) is 5.07. The highest BCUT2D eigenvalue weighted by Gasteiger charge is 2.16. The number of aromatic hydroxyl groups is 1. The zero-order chi connectivity index (χ0) is 20.1. The Bertz CT molecular complexity index is 1510. The Labute approximate surface area is 169 Å². The van der Waals surface area contributed by atoms with E-state index < -0.39 is 0 Å².